The van der Waals surface area contributed by atoms with Gasteiger partial charge in [-0.05, 0) is 24.3 Å². The Bertz CT molecular complexity index is 168. The average molecular weight is 144 g/mol. The third kappa shape index (κ3) is 1.42. The number of benzene rings is 1. The van der Waals surface area contributed by atoms with Crippen LogP contribution in [0.15, 0.2) is 23.1 Å². The van der Waals surface area contributed by atoms with Crippen LogP contribution in [0, 0.1) is 6.07 Å². The molecule has 0 aliphatic rings. The van der Waals surface area contributed by atoms with Gasteiger partial charge >= 0.3 is 0 Å². The number of rotatable bonds is 0. The predicted octanol–water partition coefficient (Wildman–Crippen LogP) is 2.43. The normalized spacial score (nSPS) is 9.25. The summed E-state index contributed by atoms with van der Waals surface area (Å²) in [7, 11) is 0. The van der Waals surface area contributed by atoms with Crippen LogP contribution in [0.25, 0.3) is 0 Å². The maximum atomic E-state index is 5.56. The predicted molar refractivity (Wildman–Crippen MR) is 37.5 cm³/mol. The molecule has 0 aromatic heterocycles. The molecule has 0 bridgehead atoms. The van der Waals surface area contributed by atoms with Crippen LogP contribution in [-0.4, -0.2) is 0 Å². The minimum Gasteiger partial charge on any atom is -0.143 e. The molecule has 0 unspecified atom stereocenters. The molecule has 41 valence electrons. The Kier molecular flexibility index (Phi) is 1.81. The van der Waals surface area contributed by atoms with E-state index in [-0.39, 0.29) is 0 Å². The van der Waals surface area contributed by atoms with Gasteiger partial charge in [-0.3, -0.25) is 0 Å². The van der Waals surface area contributed by atoms with Crippen LogP contribution >= 0.6 is 24.2 Å². The fraction of sp³-hybridized carbons (Fsp3) is 0. The van der Waals surface area contributed by atoms with Crippen LogP contribution < -0.4 is 0 Å². The van der Waals surface area contributed by atoms with Crippen LogP contribution in [0.3, 0.4) is 0 Å². The molecule has 1 rings (SSSR count). The minimum atomic E-state index is 0.678. The summed E-state index contributed by atoms with van der Waals surface area (Å²) in [5.74, 6) is 0. The van der Waals surface area contributed by atoms with Crippen molar-refractivity contribution in [3.8, 4) is 0 Å². The fourth-order valence-electron chi connectivity index (χ4n) is 0.431. The summed E-state index contributed by atoms with van der Waals surface area (Å²) in [5, 5.41) is 0.678. The lowest BCUT2D eigenvalue weighted by atomic mass is 10.4. The monoisotopic (exact) mass is 143 g/mol. The maximum absolute atomic E-state index is 5.56. The van der Waals surface area contributed by atoms with Gasteiger partial charge in [-0.15, -0.1) is 12.6 Å². The Morgan fingerprint density at radius 1 is 1.50 bits per heavy atom. The first-order valence-corrected chi connectivity index (χ1v) is 2.97. The number of hydrogen-bond acceptors (Lipinski definition) is 1. The summed E-state index contributed by atoms with van der Waals surface area (Å²) >= 11 is 9.60. The highest BCUT2D eigenvalue weighted by molar-refractivity contribution is 7.80. The molecule has 0 saturated heterocycles. The van der Waals surface area contributed by atoms with Crippen molar-refractivity contribution in [3.05, 3.63) is 29.3 Å². The average Bonchev–Trinajstić information content (AvgIpc) is 1.64. The number of thiol groups is 1. The third-order valence-electron chi connectivity index (χ3n) is 0.738. The van der Waals surface area contributed by atoms with Gasteiger partial charge in [0.2, 0.25) is 0 Å². The summed E-state index contributed by atoms with van der Waals surface area (Å²) in [6.07, 6.45) is 0. The van der Waals surface area contributed by atoms with Crippen molar-refractivity contribution in [1.29, 1.82) is 0 Å². The van der Waals surface area contributed by atoms with Crippen molar-refractivity contribution < 1.29 is 0 Å². The summed E-state index contributed by atoms with van der Waals surface area (Å²) < 4.78 is 0. The molecule has 0 spiro atoms. The second kappa shape index (κ2) is 2.42. The van der Waals surface area contributed by atoms with Gasteiger partial charge in [0, 0.05) is 9.92 Å². The van der Waals surface area contributed by atoms with Gasteiger partial charge in [0.25, 0.3) is 0 Å². The molecular formula is C6H4ClS. The molecule has 0 saturated carbocycles. The first-order chi connectivity index (χ1) is 3.79. The van der Waals surface area contributed by atoms with Gasteiger partial charge in [0.05, 0.1) is 0 Å². The zero-order valence-electron chi connectivity index (χ0n) is 4.06. The fourth-order valence-corrected chi connectivity index (χ4v) is 0.902. The molecule has 0 amide bonds. The van der Waals surface area contributed by atoms with E-state index in [9.17, 15) is 0 Å². The maximum Gasteiger partial charge on any atom is 0.0423 e. The van der Waals surface area contributed by atoms with Crippen molar-refractivity contribution >= 4 is 24.2 Å². The zero-order chi connectivity index (χ0) is 5.98. The molecular weight excluding hydrogens is 140 g/mol. The highest BCUT2D eigenvalue weighted by Gasteiger charge is 1.84. The van der Waals surface area contributed by atoms with Gasteiger partial charge in [-0.2, -0.15) is 0 Å². The quantitative estimate of drug-likeness (QED) is 0.530. The van der Waals surface area contributed by atoms with E-state index in [0.717, 1.165) is 4.90 Å². The summed E-state index contributed by atoms with van der Waals surface area (Å²) in [6, 6.07) is 8.04. The summed E-state index contributed by atoms with van der Waals surface area (Å²) in [5.41, 5.74) is 0. The van der Waals surface area contributed by atoms with Gasteiger partial charge in [-0.1, -0.05) is 11.6 Å². The van der Waals surface area contributed by atoms with E-state index in [0.29, 0.717) is 5.02 Å². The van der Waals surface area contributed by atoms with Crippen LogP contribution in [0.4, 0.5) is 0 Å². The van der Waals surface area contributed by atoms with Crippen LogP contribution in [0.1, 0.15) is 0 Å². The van der Waals surface area contributed by atoms with E-state index in [2.05, 4.69) is 18.7 Å². The van der Waals surface area contributed by atoms with E-state index in [1.165, 1.54) is 0 Å². The Balaban J connectivity index is 3.08. The standard InChI is InChI=1S/C6H4ClS/c7-5-2-1-3-6(8)4-5/h2-4,8H. The van der Waals surface area contributed by atoms with Crippen LogP contribution in [-0.2, 0) is 0 Å². The minimum absolute atomic E-state index is 0.678. The van der Waals surface area contributed by atoms with Crippen molar-refractivity contribution in [1.82, 2.24) is 0 Å². The smallest absolute Gasteiger partial charge is 0.0423 e. The first-order valence-electron chi connectivity index (χ1n) is 2.14. The van der Waals surface area contributed by atoms with Gasteiger partial charge in [-0.25, -0.2) is 0 Å². The largest absolute Gasteiger partial charge is 0.143 e. The Morgan fingerprint density at radius 3 is 2.62 bits per heavy atom. The zero-order valence-corrected chi connectivity index (χ0v) is 5.71. The topological polar surface area (TPSA) is 0 Å². The molecule has 8 heavy (non-hydrogen) atoms. The lowest BCUT2D eigenvalue weighted by Crippen LogP contribution is -1.63. The van der Waals surface area contributed by atoms with Crippen LogP contribution in [0.5, 0.6) is 0 Å². The van der Waals surface area contributed by atoms with Crippen molar-refractivity contribution in [2.45, 2.75) is 4.90 Å². The van der Waals surface area contributed by atoms with Gasteiger partial charge in [0.1, 0.15) is 0 Å². The molecule has 0 aliphatic heterocycles. The van der Waals surface area contributed by atoms with E-state index < -0.39 is 0 Å². The highest BCUT2D eigenvalue weighted by atomic mass is 35.5. The molecule has 0 heterocycles. The Morgan fingerprint density at radius 2 is 2.25 bits per heavy atom. The lowest BCUT2D eigenvalue weighted by Gasteiger charge is -1.87. The summed E-state index contributed by atoms with van der Waals surface area (Å²) in [4.78, 5) is 0.845. The molecule has 1 radical (unpaired) electrons. The van der Waals surface area contributed by atoms with Crippen molar-refractivity contribution in [3.63, 3.8) is 0 Å². The Hall–Kier alpha value is -0.140. The van der Waals surface area contributed by atoms with Crippen LogP contribution in [0.2, 0.25) is 5.02 Å². The highest BCUT2D eigenvalue weighted by Crippen LogP contribution is 2.11. The Labute approximate surface area is 58.9 Å². The molecule has 1 aromatic rings. The van der Waals surface area contributed by atoms with Gasteiger partial charge < -0.3 is 0 Å². The second-order valence-electron chi connectivity index (χ2n) is 1.41. The molecule has 0 fully saturated rings. The molecule has 0 aliphatic carbocycles. The SMILES string of the molecule is Sc1c[c]cc(Cl)c1. The molecule has 2 heteroatoms. The lowest BCUT2D eigenvalue weighted by molar-refractivity contribution is 1.47. The third-order valence-corrected chi connectivity index (χ3v) is 1.21. The number of halogens is 1. The molecule has 0 nitrogen and oxygen atoms in total. The molecule has 1 aromatic carbocycles. The van der Waals surface area contributed by atoms with Crippen molar-refractivity contribution in [2.24, 2.45) is 0 Å². The number of hydrogen-bond donors (Lipinski definition) is 1. The summed E-state index contributed by atoms with van der Waals surface area (Å²) in [6.45, 7) is 0. The molecule has 0 N–H and O–H groups in total. The van der Waals surface area contributed by atoms with E-state index in [1.807, 2.05) is 0 Å². The van der Waals surface area contributed by atoms with E-state index in [4.69, 9.17) is 11.6 Å². The van der Waals surface area contributed by atoms with Crippen molar-refractivity contribution in [2.75, 3.05) is 0 Å². The second-order valence-corrected chi connectivity index (χ2v) is 2.36. The van der Waals surface area contributed by atoms with E-state index in [1.54, 1.807) is 18.2 Å². The van der Waals surface area contributed by atoms with Gasteiger partial charge in [0.15, 0.2) is 0 Å². The molecule has 0 atom stereocenters. The first kappa shape index (κ1) is 5.99. The van der Waals surface area contributed by atoms with E-state index >= 15 is 0 Å².